The highest BCUT2D eigenvalue weighted by Crippen LogP contribution is 2.35. The number of aromatic nitrogens is 3. The number of benzene rings is 1. The van der Waals surface area contributed by atoms with Crippen molar-refractivity contribution in [2.24, 2.45) is 7.05 Å². The van der Waals surface area contributed by atoms with Crippen molar-refractivity contribution in [2.75, 3.05) is 0 Å². The molecule has 0 fully saturated rings. The molecular formula is C12H11F4N3O. The molecule has 1 atom stereocenters. The summed E-state index contributed by atoms with van der Waals surface area (Å²) in [6.07, 6.45) is -5.16. The van der Waals surface area contributed by atoms with Crippen molar-refractivity contribution in [2.45, 2.75) is 18.7 Å². The van der Waals surface area contributed by atoms with E-state index in [9.17, 15) is 22.7 Å². The molecule has 4 nitrogen and oxygen atoms in total. The Balaban J connectivity index is 2.36. The van der Waals surface area contributed by atoms with Gasteiger partial charge in [0.1, 0.15) is 18.0 Å². The van der Waals surface area contributed by atoms with Crippen LogP contribution in [-0.2, 0) is 19.6 Å². The third-order valence-corrected chi connectivity index (χ3v) is 2.86. The summed E-state index contributed by atoms with van der Waals surface area (Å²) in [7, 11) is 1.55. The number of aliphatic hydroxyl groups excluding tert-OH is 1. The van der Waals surface area contributed by atoms with E-state index in [1.54, 1.807) is 7.05 Å². The largest absolute Gasteiger partial charge is 0.416 e. The number of nitrogens with zero attached hydrogens (tertiary/aromatic N) is 3. The smallest absolute Gasteiger partial charge is 0.388 e. The summed E-state index contributed by atoms with van der Waals surface area (Å²) in [5, 5.41) is 13.7. The Morgan fingerprint density at radius 2 is 2.05 bits per heavy atom. The summed E-state index contributed by atoms with van der Waals surface area (Å²) >= 11 is 0. The van der Waals surface area contributed by atoms with Crippen molar-refractivity contribution in [1.29, 1.82) is 0 Å². The van der Waals surface area contributed by atoms with E-state index in [-0.39, 0.29) is 6.42 Å². The fraction of sp³-hybridized carbons (Fsp3) is 0.333. The van der Waals surface area contributed by atoms with Crippen LogP contribution in [0.1, 0.15) is 23.1 Å². The van der Waals surface area contributed by atoms with E-state index in [4.69, 9.17) is 0 Å². The van der Waals surface area contributed by atoms with E-state index in [1.807, 2.05) is 0 Å². The highest BCUT2D eigenvalue weighted by Gasteiger charge is 2.35. The first-order valence-corrected chi connectivity index (χ1v) is 5.66. The number of hydrogen-bond donors (Lipinski definition) is 1. The predicted octanol–water partition coefficient (Wildman–Crippen LogP) is 2.25. The molecule has 1 aromatic heterocycles. The second-order valence-corrected chi connectivity index (χ2v) is 4.25. The van der Waals surface area contributed by atoms with E-state index in [0.29, 0.717) is 24.0 Å². The molecule has 0 saturated carbocycles. The normalized spacial score (nSPS) is 13.5. The zero-order chi connectivity index (χ0) is 14.9. The number of aryl methyl sites for hydroxylation is 1. The van der Waals surface area contributed by atoms with Gasteiger partial charge in [-0.2, -0.15) is 18.3 Å². The molecule has 2 rings (SSSR count). The van der Waals surface area contributed by atoms with Crippen LogP contribution in [0.4, 0.5) is 17.6 Å². The van der Waals surface area contributed by atoms with E-state index in [1.165, 1.54) is 11.0 Å². The highest BCUT2D eigenvalue weighted by molar-refractivity contribution is 5.32. The zero-order valence-electron chi connectivity index (χ0n) is 10.4. The van der Waals surface area contributed by atoms with Crippen LogP contribution in [0.5, 0.6) is 0 Å². The van der Waals surface area contributed by atoms with Crippen molar-refractivity contribution in [3.8, 4) is 0 Å². The molecule has 20 heavy (non-hydrogen) atoms. The van der Waals surface area contributed by atoms with Gasteiger partial charge in [-0.1, -0.05) is 0 Å². The first-order valence-electron chi connectivity index (χ1n) is 5.66. The molecule has 0 aliphatic carbocycles. The van der Waals surface area contributed by atoms with Gasteiger partial charge in [0.05, 0.1) is 11.7 Å². The first-order chi connectivity index (χ1) is 9.29. The van der Waals surface area contributed by atoms with Gasteiger partial charge in [0.25, 0.3) is 0 Å². The molecule has 0 aliphatic heterocycles. The van der Waals surface area contributed by atoms with Gasteiger partial charge >= 0.3 is 6.18 Å². The van der Waals surface area contributed by atoms with Crippen LogP contribution in [0, 0.1) is 5.82 Å². The van der Waals surface area contributed by atoms with Crippen LogP contribution in [0.2, 0.25) is 0 Å². The summed E-state index contributed by atoms with van der Waals surface area (Å²) in [6.45, 7) is 0. The van der Waals surface area contributed by atoms with Gasteiger partial charge < -0.3 is 5.11 Å². The summed E-state index contributed by atoms with van der Waals surface area (Å²) in [5.41, 5.74) is -1.57. The van der Waals surface area contributed by atoms with Crippen LogP contribution >= 0.6 is 0 Å². The molecule has 8 heteroatoms. The SMILES string of the molecule is Cn1ncnc1CC(O)c1cc(F)ccc1C(F)(F)F. The standard InChI is InChI=1S/C12H11F4N3O/c1-19-11(17-6-18-19)5-10(20)8-4-7(13)2-3-9(8)12(14,15)16/h2-4,6,10,20H,5H2,1H3. The van der Waals surface area contributed by atoms with Crippen LogP contribution in [0.3, 0.4) is 0 Å². The highest BCUT2D eigenvalue weighted by atomic mass is 19.4. The van der Waals surface area contributed by atoms with E-state index in [2.05, 4.69) is 10.1 Å². The third kappa shape index (κ3) is 2.96. The van der Waals surface area contributed by atoms with Gasteiger partial charge in [-0.15, -0.1) is 0 Å². The lowest BCUT2D eigenvalue weighted by atomic mass is 9.99. The molecule has 1 heterocycles. The van der Waals surface area contributed by atoms with Crippen molar-refractivity contribution < 1.29 is 22.7 Å². The van der Waals surface area contributed by atoms with E-state index in [0.717, 1.165) is 0 Å². The van der Waals surface area contributed by atoms with Gasteiger partial charge in [0.15, 0.2) is 0 Å². The van der Waals surface area contributed by atoms with E-state index >= 15 is 0 Å². The second-order valence-electron chi connectivity index (χ2n) is 4.25. The number of aliphatic hydroxyl groups is 1. The van der Waals surface area contributed by atoms with Crippen molar-refractivity contribution in [3.05, 3.63) is 47.3 Å². The molecule has 0 saturated heterocycles. The average Bonchev–Trinajstić information content (AvgIpc) is 2.73. The Morgan fingerprint density at radius 1 is 1.35 bits per heavy atom. The van der Waals surface area contributed by atoms with Crippen LogP contribution in [0.25, 0.3) is 0 Å². The van der Waals surface area contributed by atoms with Crippen molar-refractivity contribution >= 4 is 0 Å². The monoisotopic (exact) mass is 289 g/mol. The fourth-order valence-corrected chi connectivity index (χ4v) is 1.86. The summed E-state index contributed by atoms with van der Waals surface area (Å²) in [4.78, 5) is 3.81. The van der Waals surface area contributed by atoms with Crippen LogP contribution in [-0.4, -0.2) is 19.9 Å². The summed E-state index contributed by atoms with van der Waals surface area (Å²) < 4.78 is 53.0. The molecule has 2 aromatic rings. The molecule has 1 N–H and O–H groups in total. The molecule has 0 amide bonds. The molecule has 1 unspecified atom stereocenters. The molecule has 0 radical (unpaired) electrons. The first kappa shape index (κ1) is 14.4. The van der Waals surface area contributed by atoms with Gasteiger partial charge in [-0.25, -0.2) is 9.37 Å². The lowest BCUT2D eigenvalue weighted by molar-refractivity contribution is -0.139. The quantitative estimate of drug-likeness (QED) is 0.882. The van der Waals surface area contributed by atoms with Gasteiger partial charge in [-0.05, 0) is 23.8 Å². The minimum atomic E-state index is -4.66. The Labute approximate surface area is 111 Å². The van der Waals surface area contributed by atoms with Crippen LogP contribution in [0.15, 0.2) is 24.5 Å². The average molecular weight is 289 g/mol. The Kier molecular flexibility index (Phi) is 3.76. The van der Waals surface area contributed by atoms with Crippen LogP contribution < -0.4 is 0 Å². The zero-order valence-corrected chi connectivity index (χ0v) is 10.4. The Morgan fingerprint density at radius 3 is 2.60 bits per heavy atom. The van der Waals surface area contributed by atoms with Gasteiger partial charge in [0.2, 0.25) is 0 Å². The molecule has 0 spiro atoms. The second kappa shape index (κ2) is 5.20. The Hall–Kier alpha value is -1.96. The summed E-state index contributed by atoms with van der Waals surface area (Å²) in [6, 6.07) is 2.01. The Bertz CT molecular complexity index is 609. The molecule has 1 aromatic carbocycles. The minimum absolute atomic E-state index is 0.191. The maximum atomic E-state index is 13.1. The topological polar surface area (TPSA) is 50.9 Å². The molecule has 108 valence electrons. The molecular weight excluding hydrogens is 278 g/mol. The van der Waals surface area contributed by atoms with Gasteiger partial charge in [-0.3, -0.25) is 4.68 Å². The maximum Gasteiger partial charge on any atom is 0.416 e. The third-order valence-electron chi connectivity index (χ3n) is 2.86. The predicted molar refractivity (Wildman–Crippen MR) is 61.1 cm³/mol. The molecule has 0 bridgehead atoms. The lowest BCUT2D eigenvalue weighted by Crippen LogP contribution is -2.15. The lowest BCUT2D eigenvalue weighted by Gasteiger charge is -2.17. The maximum absolute atomic E-state index is 13.1. The number of alkyl halides is 3. The van der Waals surface area contributed by atoms with Gasteiger partial charge in [0, 0.05) is 13.5 Å². The minimum Gasteiger partial charge on any atom is -0.388 e. The number of halogens is 4. The number of rotatable bonds is 3. The van der Waals surface area contributed by atoms with Crippen molar-refractivity contribution in [1.82, 2.24) is 14.8 Å². The molecule has 0 aliphatic rings. The fourth-order valence-electron chi connectivity index (χ4n) is 1.86. The summed E-state index contributed by atoms with van der Waals surface area (Å²) in [5.74, 6) is -0.542. The van der Waals surface area contributed by atoms with E-state index < -0.39 is 29.2 Å². The number of hydrogen-bond acceptors (Lipinski definition) is 3. The van der Waals surface area contributed by atoms with Crippen molar-refractivity contribution in [3.63, 3.8) is 0 Å².